The Kier molecular flexibility index (Phi) is 3.45. The summed E-state index contributed by atoms with van der Waals surface area (Å²) in [6.45, 7) is 1.95. The Morgan fingerprint density at radius 2 is 2.10 bits per heavy atom. The van der Waals surface area contributed by atoms with E-state index in [0.29, 0.717) is 16.8 Å². The van der Waals surface area contributed by atoms with Crippen LogP contribution in [0.5, 0.6) is 0 Å². The lowest BCUT2D eigenvalue weighted by Crippen LogP contribution is -2.04. The van der Waals surface area contributed by atoms with Crippen LogP contribution in [0.4, 0.5) is 17.6 Å². The highest BCUT2D eigenvalue weighted by molar-refractivity contribution is 6.30. The third kappa shape index (κ3) is 2.80. The summed E-state index contributed by atoms with van der Waals surface area (Å²) in [6, 6.07) is 11.0. The van der Waals surface area contributed by atoms with Crippen LogP contribution < -0.4 is 11.1 Å². The van der Waals surface area contributed by atoms with Crippen LogP contribution in [0.15, 0.2) is 42.6 Å². The number of hydrogen-bond donors (Lipinski definition) is 2. The molecule has 2 aromatic heterocycles. The molecule has 0 unspecified atom stereocenters. The number of nitrogens with two attached hydrogens (primary N) is 1. The maximum Gasteiger partial charge on any atom is 0.248 e. The van der Waals surface area contributed by atoms with Gasteiger partial charge in [-0.15, -0.1) is 5.10 Å². The van der Waals surface area contributed by atoms with Gasteiger partial charge in [-0.05, 0) is 42.8 Å². The summed E-state index contributed by atoms with van der Waals surface area (Å²) in [6.07, 6.45) is 1.67. The van der Waals surface area contributed by atoms with E-state index in [1.54, 1.807) is 12.3 Å². The van der Waals surface area contributed by atoms with Crippen molar-refractivity contribution in [2.45, 2.75) is 6.92 Å². The summed E-state index contributed by atoms with van der Waals surface area (Å²) in [4.78, 5) is 8.39. The molecule has 0 saturated heterocycles. The second-order valence-corrected chi connectivity index (χ2v) is 4.91. The topological polar surface area (TPSA) is 81.6 Å². The first kappa shape index (κ1) is 13.4. The number of rotatable bonds is 3. The van der Waals surface area contributed by atoms with Crippen LogP contribution in [0.1, 0.15) is 5.56 Å². The summed E-state index contributed by atoms with van der Waals surface area (Å²) in [7, 11) is 0. The first-order chi connectivity index (χ1) is 10.1. The third-order valence-corrected chi connectivity index (χ3v) is 3.17. The molecule has 3 rings (SSSR count). The molecule has 0 atom stereocenters. The lowest BCUT2D eigenvalue weighted by atomic mass is 10.2. The van der Waals surface area contributed by atoms with Crippen molar-refractivity contribution in [2.75, 3.05) is 11.1 Å². The van der Waals surface area contributed by atoms with Gasteiger partial charge in [0.25, 0.3) is 0 Å². The number of benzene rings is 1. The molecule has 3 aromatic rings. The third-order valence-electron chi connectivity index (χ3n) is 2.93. The molecule has 0 spiro atoms. The van der Waals surface area contributed by atoms with Crippen LogP contribution in [0.3, 0.4) is 0 Å². The molecule has 1 aromatic carbocycles. The number of hydrogen-bond acceptors (Lipinski definition) is 5. The van der Waals surface area contributed by atoms with Crippen molar-refractivity contribution in [3.63, 3.8) is 0 Å². The molecule has 0 fully saturated rings. The van der Waals surface area contributed by atoms with E-state index in [-0.39, 0.29) is 5.95 Å². The maximum atomic E-state index is 5.94. The zero-order valence-electron chi connectivity index (χ0n) is 11.3. The Morgan fingerprint density at radius 3 is 2.81 bits per heavy atom. The van der Waals surface area contributed by atoms with E-state index < -0.39 is 0 Å². The van der Waals surface area contributed by atoms with E-state index in [1.807, 2.05) is 37.3 Å². The van der Waals surface area contributed by atoms with Gasteiger partial charge in [0.1, 0.15) is 0 Å². The minimum atomic E-state index is 0.266. The maximum absolute atomic E-state index is 5.94. The molecule has 2 heterocycles. The van der Waals surface area contributed by atoms with E-state index in [4.69, 9.17) is 17.3 Å². The van der Waals surface area contributed by atoms with Gasteiger partial charge >= 0.3 is 0 Å². The second kappa shape index (κ2) is 5.41. The van der Waals surface area contributed by atoms with Crippen LogP contribution >= 0.6 is 11.6 Å². The van der Waals surface area contributed by atoms with Crippen molar-refractivity contribution in [3.8, 4) is 5.82 Å². The summed E-state index contributed by atoms with van der Waals surface area (Å²) in [5.74, 6) is 1.29. The van der Waals surface area contributed by atoms with Gasteiger partial charge in [-0.1, -0.05) is 17.7 Å². The summed E-state index contributed by atoms with van der Waals surface area (Å²) in [5.41, 5.74) is 7.75. The van der Waals surface area contributed by atoms with Gasteiger partial charge < -0.3 is 11.1 Å². The Morgan fingerprint density at radius 1 is 1.24 bits per heavy atom. The lowest BCUT2D eigenvalue weighted by Gasteiger charge is -2.05. The standard InChI is InChI=1S/C14H13ClN6/c1-9-8-10(15)5-6-11(9)18-14-19-13(16)21(20-14)12-4-2-3-7-17-12/h2-8H,1H3,(H3,16,18,19,20). The van der Waals surface area contributed by atoms with Crippen LogP contribution in [-0.4, -0.2) is 19.7 Å². The van der Waals surface area contributed by atoms with Gasteiger partial charge in [-0.25, -0.2) is 4.98 Å². The van der Waals surface area contributed by atoms with Gasteiger partial charge in [0.2, 0.25) is 11.9 Å². The van der Waals surface area contributed by atoms with Crippen molar-refractivity contribution >= 4 is 29.2 Å². The first-order valence-electron chi connectivity index (χ1n) is 6.30. The average Bonchev–Trinajstić information content (AvgIpc) is 2.84. The van der Waals surface area contributed by atoms with Gasteiger partial charge in [-0.2, -0.15) is 9.67 Å². The van der Waals surface area contributed by atoms with Crippen molar-refractivity contribution in [1.29, 1.82) is 0 Å². The predicted molar refractivity (Wildman–Crippen MR) is 83.0 cm³/mol. The van der Waals surface area contributed by atoms with Crippen molar-refractivity contribution < 1.29 is 0 Å². The van der Waals surface area contributed by atoms with Gasteiger partial charge in [-0.3, -0.25) is 0 Å². The van der Waals surface area contributed by atoms with Crippen molar-refractivity contribution in [2.24, 2.45) is 0 Å². The smallest absolute Gasteiger partial charge is 0.248 e. The zero-order chi connectivity index (χ0) is 14.8. The summed E-state index contributed by atoms with van der Waals surface area (Å²) < 4.78 is 1.48. The molecule has 6 nitrogen and oxygen atoms in total. The van der Waals surface area contributed by atoms with Crippen LogP contribution in [-0.2, 0) is 0 Å². The van der Waals surface area contributed by atoms with Gasteiger partial charge in [0.05, 0.1) is 0 Å². The van der Waals surface area contributed by atoms with Crippen molar-refractivity contribution in [3.05, 3.63) is 53.2 Å². The first-order valence-corrected chi connectivity index (χ1v) is 6.68. The van der Waals surface area contributed by atoms with E-state index in [1.165, 1.54) is 4.68 Å². The fourth-order valence-corrected chi connectivity index (χ4v) is 2.14. The molecule has 0 aliphatic heterocycles. The minimum absolute atomic E-state index is 0.266. The normalized spacial score (nSPS) is 10.6. The number of aromatic nitrogens is 4. The molecule has 0 saturated carbocycles. The fraction of sp³-hybridized carbons (Fsp3) is 0.0714. The Hall–Kier alpha value is -2.60. The predicted octanol–water partition coefficient (Wildman–Crippen LogP) is 2.95. The minimum Gasteiger partial charge on any atom is -0.368 e. The second-order valence-electron chi connectivity index (χ2n) is 4.48. The summed E-state index contributed by atoms with van der Waals surface area (Å²) in [5, 5.41) is 8.12. The SMILES string of the molecule is Cc1cc(Cl)ccc1Nc1nc(N)n(-c2ccccn2)n1. The monoisotopic (exact) mass is 300 g/mol. The fourth-order valence-electron chi connectivity index (χ4n) is 1.91. The number of nitrogens with zero attached hydrogens (tertiary/aromatic N) is 4. The number of nitrogen functional groups attached to an aromatic ring is 1. The molecule has 0 bridgehead atoms. The van der Waals surface area contributed by atoms with E-state index in [0.717, 1.165) is 11.3 Å². The molecular weight excluding hydrogens is 288 g/mol. The highest BCUT2D eigenvalue weighted by atomic mass is 35.5. The average molecular weight is 301 g/mol. The van der Waals surface area contributed by atoms with Crippen molar-refractivity contribution in [1.82, 2.24) is 19.7 Å². The van der Waals surface area contributed by atoms with Gasteiger partial charge in [0, 0.05) is 16.9 Å². The number of aryl methyl sites for hydroxylation is 1. The van der Waals surface area contributed by atoms with E-state index >= 15 is 0 Å². The molecule has 0 aliphatic carbocycles. The zero-order valence-corrected chi connectivity index (χ0v) is 12.0. The molecule has 0 amide bonds. The summed E-state index contributed by atoms with van der Waals surface area (Å²) >= 11 is 5.94. The molecule has 106 valence electrons. The largest absolute Gasteiger partial charge is 0.368 e. The van der Waals surface area contributed by atoms with E-state index in [2.05, 4.69) is 20.4 Å². The highest BCUT2D eigenvalue weighted by Gasteiger charge is 2.10. The molecule has 0 aliphatic rings. The van der Waals surface area contributed by atoms with Crippen LogP contribution in [0.25, 0.3) is 5.82 Å². The molecule has 3 N–H and O–H groups in total. The number of nitrogens with one attached hydrogen (secondary N) is 1. The molecular formula is C14H13ClN6. The van der Waals surface area contributed by atoms with Gasteiger partial charge in [0.15, 0.2) is 5.82 Å². The molecule has 21 heavy (non-hydrogen) atoms. The quantitative estimate of drug-likeness (QED) is 0.777. The van der Waals surface area contributed by atoms with Crippen LogP contribution in [0.2, 0.25) is 5.02 Å². The van der Waals surface area contributed by atoms with E-state index in [9.17, 15) is 0 Å². The molecule has 7 heteroatoms. The van der Waals surface area contributed by atoms with Crippen LogP contribution in [0, 0.1) is 6.92 Å². The highest BCUT2D eigenvalue weighted by Crippen LogP contribution is 2.23. The number of pyridine rings is 1. The number of halogens is 1. The number of anilines is 3. The Labute approximate surface area is 126 Å². The molecule has 0 radical (unpaired) electrons. The Bertz CT molecular complexity index is 768. The Balaban J connectivity index is 1.91. The lowest BCUT2D eigenvalue weighted by molar-refractivity contribution is 0.859.